The topological polar surface area (TPSA) is 48.7 Å². The maximum Gasteiger partial charge on any atom is 0.141 e. The SMILES string of the molecule is N#Cc1cnc2c(ccc3ccccc32)c1Nc1ccc(F)c(Cl)c1. The molecule has 3 nitrogen and oxygen atoms in total. The van der Waals surface area contributed by atoms with Gasteiger partial charge in [-0.2, -0.15) is 5.26 Å². The number of aromatic nitrogens is 1. The molecule has 0 bridgehead atoms. The third-order valence-corrected chi connectivity index (χ3v) is 4.36. The van der Waals surface area contributed by atoms with Gasteiger partial charge in [0, 0.05) is 22.7 Å². The molecule has 0 fully saturated rings. The van der Waals surface area contributed by atoms with Crippen molar-refractivity contribution in [2.24, 2.45) is 0 Å². The zero-order valence-corrected chi connectivity index (χ0v) is 13.7. The molecular formula is C20H11ClFN3. The minimum atomic E-state index is -0.488. The van der Waals surface area contributed by atoms with Crippen LogP contribution >= 0.6 is 11.6 Å². The van der Waals surface area contributed by atoms with Crippen molar-refractivity contribution in [3.8, 4) is 6.07 Å². The molecule has 0 aliphatic rings. The molecule has 3 aromatic carbocycles. The van der Waals surface area contributed by atoms with E-state index in [4.69, 9.17) is 11.6 Å². The van der Waals surface area contributed by atoms with Crippen molar-refractivity contribution in [2.75, 3.05) is 5.32 Å². The highest BCUT2D eigenvalue weighted by atomic mass is 35.5. The van der Waals surface area contributed by atoms with Gasteiger partial charge >= 0.3 is 0 Å². The first-order valence-electron chi connectivity index (χ1n) is 7.60. The molecule has 0 spiro atoms. The number of hydrogen-bond donors (Lipinski definition) is 1. The van der Waals surface area contributed by atoms with Crippen LogP contribution in [0.25, 0.3) is 21.7 Å². The minimum Gasteiger partial charge on any atom is -0.354 e. The van der Waals surface area contributed by atoms with Crippen molar-refractivity contribution in [3.63, 3.8) is 0 Å². The molecule has 0 unspecified atom stereocenters. The van der Waals surface area contributed by atoms with Crippen LogP contribution in [0.4, 0.5) is 15.8 Å². The summed E-state index contributed by atoms with van der Waals surface area (Å²) in [6, 6.07) is 18.4. The average molecular weight is 348 g/mol. The zero-order chi connectivity index (χ0) is 17.4. The van der Waals surface area contributed by atoms with Crippen molar-refractivity contribution < 1.29 is 4.39 Å². The Morgan fingerprint density at radius 3 is 2.68 bits per heavy atom. The van der Waals surface area contributed by atoms with E-state index in [1.165, 1.54) is 12.1 Å². The molecule has 25 heavy (non-hydrogen) atoms. The number of benzene rings is 3. The first kappa shape index (κ1) is 15.4. The second kappa shape index (κ2) is 6.04. The lowest BCUT2D eigenvalue weighted by Gasteiger charge is -2.13. The van der Waals surface area contributed by atoms with Gasteiger partial charge in [0.2, 0.25) is 0 Å². The highest BCUT2D eigenvalue weighted by Gasteiger charge is 2.12. The lowest BCUT2D eigenvalue weighted by molar-refractivity contribution is 0.628. The molecule has 0 atom stereocenters. The Morgan fingerprint density at radius 1 is 1.04 bits per heavy atom. The van der Waals surface area contributed by atoms with Crippen LogP contribution in [0.5, 0.6) is 0 Å². The van der Waals surface area contributed by atoms with Crippen LogP contribution in [-0.4, -0.2) is 4.98 Å². The van der Waals surface area contributed by atoms with Gasteiger partial charge in [-0.3, -0.25) is 4.98 Å². The van der Waals surface area contributed by atoms with Crippen LogP contribution in [0.3, 0.4) is 0 Å². The lowest BCUT2D eigenvalue weighted by atomic mass is 10.0. The summed E-state index contributed by atoms with van der Waals surface area (Å²) in [6.45, 7) is 0. The summed E-state index contributed by atoms with van der Waals surface area (Å²) < 4.78 is 13.4. The number of anilines is 2. The Morgan fingerprint density at radius 2 is 1.88 bits per heavy atom. The van der Waals surface area contributed by atoms with Crippen LogP contribution in [0.2, 0.25) is 5.02 Å². The third-order valence-electron chi connectivity index (χ3n) is 4.07. The van der Waals surface area contributed by atoms with Crippen molar-refractivity contribution >= 4 is 44.7 Å². The zero-order valence-electron chi connectivity index (χ0n) is 12.9. The van der Waals surface area contributed by atoms with Crippen molar-refractivity contribution in [1.29, 1.82) is 5.26 Å². The number of halogens is 2. The van der Waals surface area contributed by atoms with E-state index in [-0.39, 0.29) is 5.02 Å². The molecule has 0 aliphatic carbocycles. The van der Waals surface area contributed by atoms with E-state index in [0.717, 1.165) is 21.7 Å². The van der Waals surface area contributed by atoms with Crippen LogP contribution in [-0.2, 0) is 0 Å². The molecular weight excluding hydrogens is 337 g/mol. The van der Waals surface area contributed by atoms with Gasteiger partial charge in [0.1, 0.15) is 11.9 Å². The van der Waals surface area contributed by atoms with Gasteiger partial charge in [0.25, 0.3) is 0 Å². The quantitative estimate of drug-likeness (QED) is 0.466. The number of rotatable bonds is 2. The van der Waals surface area contributed by atoms with Gasteiger partial charge in [-0.25, -0.2) is 4.39 Å². The molecule has 1 heterocycles. The molecule has 0 amide bonds. The molecule has 1 N–H and O–H groups in total. The number of nitrogens with one attached hydrogen (secondary N) is 1. The van der Waals surface area contributed by atoms with Crippen LogP contribution in [0.15, 0.2) is 60.8 Å². The second-order valence-corrected chi connectivity index (χ2v) is 6.00. The smallest absolute Gasteiger partial charge is 0.141 e. The maximum absolute atomic E-state index is 13.4. The summed E-state index contributed by atoms with van der Waals surface area (Å²) in [4.78, 5) is 4.47. The van der Waals surface area contributed by atoms with E-state index < -0.39 is 5.82 Å². The normalized spacial score (nSPS) is 10.8. The fourth-order valence-corrected chi connectivity index (χ4v) is 3.05. The van der Waals surface area contributed by atoms with Crippen LogP contribution in [0.1, 0.15) is 5.56 Å². The van der Waals surface area contributed by atoms with Gasteiger partial charge in [-0.1, -0.05) is 48.0 Å². The third kappa shape index (κ3) is 2.65. The lowest BCUT2D eigenvalue weighted by Crippen LogP contribution is -1.97. The van der Waals surface area contributed by atoms with Gasteiger partial charge in [-0.05, 0) is 23.6 Å². The first-order chi connectivity index (χ1) is 12.2. The number of hydrogen-bond acceptors (Lipinski definition) is 3. The van der Waals surface area contributed by atoms with Crippen molar-refractivity contribution in [3.05, 3.63) is 77.2 Å². The predicted molar refractivity (Wildman–Crippen MR) is 98.7 cm³/mol. The fourth-order valence-electron chi connectivity index (χ4n) is 2.87. The van der Waals surface area contributed by atoms with Gasteiger partial charge in [-0.15, -0.1) is 0 Å². The predicted octanol–water partition coefficient (Wildman–Crippen LogP) is 5.80. The molecule has 4 rings (SSSR count). The molecule has 0 radical (unpaired) electrons. The Balaban J connectivity index is 1.96. The van der Waals surface area contributed by atoms with E-state index in [9.17, 15) is 9.65 Å². The second-order valence-electron chi connectivity index (χ2n) is 5.60. The van der Waals surface area contributed by atoms with E-state index in [2.05, 4.69) is 16.4 Å². The van der Waals surface area contributed by atoms with E-state index in [0.29, 0.717) is 16.9 Å². The standard InChI is InChI=1S/C20H11ClFN3/c21-17-9-14(6-8-18(17)22)25-19-13(10-23)11-24-20-15-4-2-1-3-12(15)5-7-16(19)20/h1-9,11H,(H,24,25). The Kier molecular flexibility index (Phi) is 3.72. The summed E-state index contributed by atoms with van der Waals surface area (Å²) >= 11 is 5.86. The molecule has 4 aromatic rings. The van der Waals surface area contributed by atoms with Gasteiger partial charge < -0.3 is 5.32 Å². The summed E-state index contributed by atoms with van der Waals surface area (Å²) in [5.41, 5.74) is 2.43. The number of nitriles is 1. The minimum absolute atomic E-state index is 0.0207. The molecule has 120 valence electrons. The monoisotopic (exact) mass is 347 g/mol. The Hall–Kier alpha value is -3.16. The molecule has 0 saturated heterocycles. The largest absolute Gasteiger partial charge is 0.354 e. The molecule has 0 aliphatic heterocycles. The Labute approximate surface area is 148 Å². The summed E-state index contributed by atoms with van der Waals surface area (Å²) in [7, 11) is 0. The molecule has 0 saturated carbocycles. The van der Waals surface area contributed by atoms with E-state index >= 15 is 0 Å². The maximum atomic E-state index is 13.4. The van der Waals surface area contributed by atoms with Gasteiger partial charge in [0.15, 0.2) is 0 Å². The highest BCUT2D eigenvalue weighted by molar-refractivity contribution is 6.31. The average Bonchev–Trinajstić information content (AvgIpc) is 2.64. The van der Waals surface area contributed by atoms with Gasteiger partial charge in [0.05, 0.1) is 21.8 Å². The summed E-state index contributed by atoms with van der Waals surface area (Å²) in [5.74, 6) is -0.488. The fraction of sp³-hybridized carbons (Fsp3) is 0. The van der Waals surface area contributed by atoms with Crippen LogP contribution in [0, 0.1) is 17.1 Å². The van der Waals surface area contributed by atoms with E-state index in [1.807, 2.05) is 36.4 Å². The number of nitrogens with zero attached hydrogens (tertiary/aromatic N) is 2. The van der Waals surface area contributed by atoms with Crippen LogP contribution < -0.4 is 5.32 Å². The summed E-state index contributed by atoms with van der Waals surface area (Å²) in [6.07, 6.45) is 1.54. The van der Waals surface area contributed by atoms with E-state index in [1.54, 1.807) is 12.3 Å². The Bertz CT molecular complexity index is 1160. The molecule has 1 aromatic heterocycles. The number of fused-ring (bicyclic) bond motifs is 3. The van der Waals surface area contributed by atoms with Crippen molar-refractivity contribution in [2.45, 2.75) is 0 Å². The summed E-state index contributed by atoms with van der Waals surface area (Å²) in [5, 5.41) is 15.6. The molecule has 5 heteroatoms. The number of pyridine rings is 1. The first-order valence-corrected chi connectivity index (χ1v) is 7.98. The highest BCUT2D eigenvalue weighted by Crippen LogP contribution is 2.33. The van der Waals surface area contributed by atoms with Crippen molar-refractivity contribution in [1.82, 2.24) is 4.98 Å².